The van der Waals surface area contributed by atoms with Gasteiger partial charge in [-0.2, -0.15) is 0 Å². The van der Waals surface area contributed by atoms with Crippen LogP contribution in [-0.4, -0.2) is 55.6 Å². The summed E-state index contributed by atoms with van der Waals surface area (Å²) in [6.07, 6.45) is 0. The predicted octanol–water partition coefficient (Wildman–Crippen LogP) is 3.67. The molecule has 29 heavy (non-hydrogen) atoms. The third-order valence-electron chi connectivity index (χ3n) is 5.51. The van der Waals surface area contributed by atoms with E-state index in [-0.39, 0.29) is 5.91 Å². The average molecular weight is 390 g/mol. The highest BCUT2D eigenvalue weighted by Crippen LogP contribution is 2.24. The van der Waals surface area contributed by atoms with Crippen molar-refractivity contribution >= 4 is 34.0 Å². The Labute approximate surface area is 171 Å². The minimum absolute atomic E-state index is 0.131. The molecule has 1 amide bonds. The highest BCUT2D eigenvalue weighted by molar-refractivity contribution is 6.13. The number of likely N-dealkylation sites (N-methyl/N-ethyl adjacent to an activating group) is 1. The molecule has 0 unspecified atom stereocenters. The van der Waals surface area contributed by atoms with Crippen LogP contribution in [0.3, 0.4) is 0 Å². The number of pyridine rings is 1. The topological polar surface area (TPSA) is 60.5 Å². The summed E-state index contributed by atoms with van der Waals surface area (Å²) in [6.45, 7) is 7.45. The third-order valence-corrected chi connectivity index (χ3v) is 5.51. The van der Waals surface area contributed by atoms with Gasteiger partial charge in [-0.1, -0.05) is 31.2 Å². The molecule has 1 aromatic heterocycles. The van der Waals surface area contributed by atoms with Crippen LogP contribution in [0.15, 0.2) is 54.6 Å². The number of hydrogen-bond acceptors (Lipinski definition) is 5. The Morgan fingerprint density at radius 3 is 2.59 bits per heavy atom. The fourth-order valence-electron chi connectivity index (χ4n) is 3.79. The second-order valence-electron chi connectivity index (χ2n) is 7.25. The first-order chi connectivity index (χ1) is 14.2. The van der Waals surface area contributed by atoms with Crippen molar-refractivity contribution in [3.8, 4) is 0 Å². The van der Waals surface area contributed by atoms with Gasteiger partial charge in [0.1, 0.15) is 5.82 Å². The maximum atomic E-state index is 13.1. The first-order valence-corrected chi connectivity index (χ1v) is 10.1. The van der Waals surface area contributed by atoms with Crippen molar-refractivity contribution in [1.82, 2.24) is 9.88 Å². The van der Waals surface area contributed by atoms with Crippen LogP contribution in [0.4, 0.5) is 17.2 Å². The molecule has 2 aromatic carbocycles. The van der Waals surface area contributed by atoms with Crippen LogP contribution in [0.5, 0.6) is 0 Å². The Kier molecular flexibility index (Phi) is 5.62. The lowest BCUT2D eigenvalue weighted by Crippen LogP contribution is -2.46. The van der Waals surface area contributed by atoms with Gasteiger partial charge in [-0.15, -0.1) is 0 Å². The molecular weight excluding hydrogens is 362 g/mol. The number of rotatable bonds is 5. The van der Waals surface area contributed by atoms with Crippen molar-refractivity contribution in [3.63, 3.8) is 0 Å². The SMILES string of the molecule is CCN1CCN(c2cccc(NC(=O)c3cc(NC)nc4ccccc34)c2)CC1. The molecule has 0 bridgehead atoms. The van der Waals surface area contributed by atoms with Crippen LogP contribution in [0.1, 0.15) is 17.3 Å². The lowest BCUT2D eigenvalue weighted by molar-refractivity contribution is 0.102. The van der Waals surface area contributed by atoms with Gasteiger partial charge in [0.2, 0.25) is 0 Å². The second kappa shape index (κ2) is 8.49. The minimum atomic E-state index is -0.131. The van der Waals surface area contributed by atoms with Crippen LogP contribution in [0, 0.1) is 0 Å². The summed E-state index contributed by atoms with van der Waals surface area (Å²) in [5.41, 5.74) is 3.36. The number of para-hydroxylation sites is 1. The molecule has 0 saturated carbocycles. The normalized spacial score (nSPS) is 14.8. The maximum absolute atomic E-state index is 13.1. The molecule has 1 saturated heterocycles. The summed E-state index contributed by atoms with van der Waals surface area (Å²) in [5.74, 6) is 0.546. The molecule has 0 radical (unpaired) electrons. The smallest absolute Gasteiger partial charge is 0.256 e. The van der Waals surface area contributed by atoms with Crippen LogP contribution >= 0.6 is 0 Å². The van der Waals surface area contributed by atoms with E-state index in [2.05, 4.69) is 44.5 Å². The summed E-state index contributed by atoms with van der Waals surface area (Å²) in [7, 11) is 1.81. The van der Waals surface area contributed by atoms with Crippen LogP contribution < -0.4 is 15.5 Å². The van der Waals surface area contributed by atoms with Gasteiger partial charge >= 0.3 is 0 Å². The molecule has 3 aromatic rings. The molecule has 0 spiro atoms. The zero-order chi connectivity index (χ0) is 20.2. The molecule has 2 heterocycles. The van der Waals surface area contributed by atoms with Crippen molar-refractivity contribution in [2.45, 2.75) is 6.92 Å². The number of benzene rings is 2. The average Bonchev–Trinajstić information content (AvgIpc) is 2.78. The Bertz CT molecular complexity index is 1010. The summed E-state index contributed by atoms with van der Waals surface area (Å²) >= 11 is 0. The summed E-state index contributed by atoms with van der Waals surface area (Å²) < 4.78 is 0. The zero-order valence-electron chi connectivity index (χ0n) is 17.0. The summed E-state index contributed by atoms with van der Waals surface area (Å²) in [5, 5.41) is 6.95. The quantitative estimate of drug-likeness (QED) is 0.697. The molecule has 6 heteroatoms. The molecule has 1 aliphatic rings. The van der Waals surface area contributed by atoms with Crippen LogP contribution in [0.2, 0.25) is 0 Å². The number of fused-ring (bicyclic) bond motifs is 1. The molecule has 0 aliphatic carbocycles. The third kappa shape index (κ3) is 4.17. The fraction of sp³-hybridized carbons (Fsp3) is 0.304. The highest BCUT2D eigenvalue weighted by atomic mass is 16.1. The van der Waals surface area contributed by atoms with E-state index in [9.17, 15) is 4.79 Å². The number of nitrogens with one attached hydrogen (secondary N) is 2. The Morgan fingerprint density at radius 1 is 1.03 bits per heavy atom. The van der Waals surface area contributed by atoms with Gasteiger partial charge in [0.25, 0.3) is 5.91 Å². The number of anilines is 3. The first-order valence-electron chi connectivity index (χ1n) is 10.1. The van der Waals surface area contributed by atoms with E-state index in [0.717, 1.165) is 55.0 Å². The van der Waals surface area contributed by atoms with E-state index in [1.54, 1.807) is 13.1 Å². The molecule has 2 N–H and O–H groups in total. The largest absolute Gasteiger partial charge is 0.373 e. The number of hydrogen-bond donors (Lipinski definition) is 2. The van der Waals surface area contributed by atoms with Crippen molar-refractivity contribution < 1.29 is 4.79 Å². The molecular formula is C23H27N5O. The van der Waals surface area contributed by atoms with Gasteiger partial charge in [0.05, 0.1) is 11.1 Å². The van der Waals surface area contributed by atoms with E-state index in [1.807, 2.05) is 36.4 Å². The number of carbonyl (C=O) groups is 1. The van der Waals surface area contributed by atoms with Gasteiger partial charge in [0.15, 0.2) is 0 Å². The van der Waals surface area contributed by atoms with Crippen molar-refractivity contribution in [3.05, 3.63) is 60.2 Å². The van der Waals surface area contributed by atoms with E-state index in [1.165, 1.54) is 0 Å². The first kappa shape index (κ1) is 19.2. The number of aromatic nitrogens is 1. The van der Waals surface area contributed by atoms with E-state index in [0.29, 0.717) is 11.4 Å². The van der Waals surface area contributed by atoms with Crippen molar-refractivity contribution in [2.75, 3.05) is 55.3 Å². The van der Waals surface area contributed by atoms with Gasteiger partial charge < -0.3 is 20.4 Å². The van der Waals surface area contributed by atoms with Crippen molar-refractivity contribution in [2.24, 2.45) is 0 Å². The molecule has 6 nitrogen and oxygen atoms in total. The van der Waals surface area contributed by atoms with Crippen LogP contribution in [-0.2, 0) is 0 Å². The Morgan fingerprint density at radius 2 is 1.83 bits per heavy atom. The molecule has 4 rings (SSSR count). The Hall–Kier alpha value is -3.12. The highest BCUT2D eigenvalue weighted by Gasteiger charge is 2.17. The predicted molar refractivity (Wildman–Crippen MR) is 120 cm³/mol. The van der Waals surface area contributed by atoms with E-state index in [4.69, 9.17) is 0 Å². The Balaban J connectivity index is 1.56. The van der Waals surface area contributed by atoms with Gasteiger partial charge in [0, 0.05) is 50.0 Å². The zero-order valence-corrected chi connectivity index (χ0v) is 17.0. The van der Waals surface area contributed by atoms with Gasteiger partial charge in [-0.25, -0.2) is 4.98 Å². The van der Waals surface area contributed by atoms with E-state index < -0.39 is 0 Å². The van der Waals surface area contributed by atoms with Crippen molar-refractivity contribution in [1.29, 1.82) is 0 Å². The number of piperazine rings is 1. The second-order valence-corrected chi connectivity index (χ2v) is 7.25. The monoisotopic (exact) mass is 389 g/mol. The molecule has 0 atom stereocenters. The fourth-order valence-corrected chi connectivity index (χ4v) is 3.79. The van der Waals surface area contributed by atoms with Gasteiger partial charge in [-0.05, 0) is 36.9 Å². The van der Waals surface area contributed by atoms with Crippen LogP contribution in [0.25, 0.3) is 10.9 Å². The lowest BCUT2D eigenvalue weighted by atomic mass is 10.1. The standard InChI is InChI=1S/C23H27N5O/c1-3-27-11-13-28(14-12-27)18-8-6-7-17(15-18)25-23(29)20-16-22(24-2)26-21-10-5-4-9-19(20)21/h4-10,15-16H,3,11-14H2,1-2H3,(H,24,26)(H,25,29). The minimum Gasteiger partial charge on any atom is -0.373 e. The number of amides is 1. The molecule has 1 fully saturated rings. The van der Waals surface area contributed by atoms with E-state index >= 15 is 0 Å². The number of nitrogens with zero attached hydrogens (tertiary/aromatic N) is 3. The lowest BCUT2D eigenvalue weighted by Gasteiger charge is -2.35. The molecule has 1 aliphatic heterocycles. The molecule has 150 valence electrons. The van der Waals surface area contributed by atoms with Gasteiger partial charge in [-0.3, -0.25) is 4.79 Å². The summed E-state index contributed by atoms with van der Waals surface area (Å²) in [4.78, 5) is 22.4. The summed E-state index contributed by atoms with van der Waals surface area (Å²) in [6, 6.07) is 17.6. The maximum Gasteiger partial charge on any atom is 0.256 e. The number of carbonyl (C=O) groups excluding carboxylic acids is 1.